The smallest absolute Gasteiger partial charge is 0.220 e. The monoisotopic (exact) mass is 291 g/mol. The van der Waals surface area contributed by atoms with Gasteiger partial charge in [-0.25, -0.2) is 9.67 Å². The van der Waals surface area contributed by atoms with Gasteiger partial charge in [-0.1, -0.05) is 36.4 Å². The fourth-order valence-corrected chi connectivity index (χ4v) is 2.51. The molecule has 108 valence electrons. The molecule has 1 N–H and O–H groups in total. The van der Waals surface area contributed by atoms with Gasteiger partial charge in [-0.2, -0.15) is 5.10 Å². The molecule has 4 aromatic rings. The van der Waals surface area contributed by atoms with Crippen molar-refractivity contribution < 1.29 is 9.52 Å². The molecule has 0 fully saturated rings. The van der Waals surface area contributed by atoms with Crippen molar-refractivity contribution in [3.63, 3.8) is 0 Å². The van der Waals surface area contributed by atoms with E-state index in [-0.39, 0.29) is 12.5 Å². The Morgan fingerprint density at radius 2 is 1.77 bits per heavy atom. The van der Waals surface area contributed by atoms with Crippen LogP contribution in [0.4, 0.5) is 0 Å². The topological polar surface area (TPSA) is 64.1 Å². The molecule has 0 aliphatic carbocycles. The molecular weight excluding hydrogens is 278 g/mol. The lowest BCUT2D eigenvalue weighted by Crippen LogP contribution is -1.95. The second kappa shape index (κ2) is 5.13. The number of hydrogen-bond donors (Lipinski definition) is 1. The number of oxazole rings is 1. The molecule has 0 amide bonds. The molecule has 0 saturated heterocycles. The van der Waals surface area contributed by atoms with Crippen LogP contribution in [-0.4, -0.2) is 19.9 Å². The Kier molecular flexibility index (Phi) is 2.98. The molecule has 0 saturated carbocycles. The van der Waals surface area contributed by atoms with Gasteiger partial charge in [0.1, 0.15) is 12.3 Å². The molecule has 2 aromatic carbocycles. The van der Waals surface area contributed by atoms with Gasteiger partial charge in [0.2, 0.25) is 5.89 Å². The third-order valence-corrected chi connectivity index (χ3v) is 3.51. The van der Waals surface area contributed by atoms with Crippen molar-refractivity contribution in [1.82, 2.24) is 14.8 Å². The fraction of sp³-hybridized carbons (Fsp3) is 0.0588. The summed E-state index contributed by atoms with van der Waals surface area (Å²) in [5, 5.41) is 14.8. The van der Waals surface area contributed by atoms with Crippen LogP contribution in [0, 0.1) is 0 Å². The van der Waals surface area contributed by atoms with Crippen LogP contribution in [0.3, 0.4) is 0 Å². The van der Waals surface area contributed by atoms with E-state index in [1.54, 1.807) is 6.20 Å². The molecule has 0 unspecified atom stereocenters. The van der Waals surface area contributed by atoms with Gasteiger partial charge in [-0.15, -0.1) is 0 Å². The summed E-state index contributed by atoms with van der Waals surface area (Å²) in [6.45, 7) is -0.225. The zero-order valence-electron chi connectivity index (χ0n) is 11.7. The minimum absolute atomic E-state index is 0.225. The van der Waals surface area contributed by atoms with E-state index < -0.39 is 0 Å². The molecule has 0 bridgehead atoms. The molecule has 0 aliphatic heterocycles. The second-order valence-corrected chi connectivity index (χ2v) is 4.89. The van der Waals surface area contributed by atoms with Crippen LogP contribution in [0.5, 0.6) is 0 Å². The lowest BCUT2D eigenvalue weighted by Gasteiger charge is -2.01. The number of benzene rings is 2. The van der Waals surface area contributed by atoms with E-state index in [4.69, 9.17) is 9.52 Å². The third kappa shape index (κ3) is 1.99. The molecule has 0 atom stereocenters. The number of aliphatic hydroxyl groups excluding tert-OH is 1. The Morgan fingerprint density at radius 1 is 1.00 bits per heavy atom. The summed E-state index contributed by atoms with van der Waals surface area (Å²) in [6.07, 6.45) is 1.59. The largest absolute Gasteiger partial charge is 0.436 e. The van der Waals surface area contributed by atoms with Gasteiger partial charge in [0.15, 0.2) is 5.76 Å². The average molecular weight is 291 g/mol. The van der Waals surface area contributed by atoms with Crippen molar-refractivity contribution in [2.45, 2.75) is 6.61 Å². The van der Waals surface area contributed by atoms with Gasteiger partial charge in [0.25, 0.3) is 0 Å². The molecule has 0 spiro atoms. The summed E-state index contributed by atoms with van der Waals surface area (Å²) in [5.41, 5.74) is 2.68. The van der Waals surface area contributed by atoms with Crippen LogP contribution in [0.1, 0.15) is 5.89 Å². The Balaban J connectivity index is 1.97. The lowest BCUT2D eigenvalue weighted by molar-refractivity contribution is 0.241. The highest BCUT2D eigenvalue weighted by Crippen LogP contribution is 2.30. The lowest BCUT2D eigenvalue weighted by atomic mass is 10.2. The number of aliphatic hydroxyl groups is 1. The standard InChI is InChI=1S/C17H13N3O2/c21-11-16-18-10-15(22-16)17-13-8-4-5-9-14(13)20(19-17)12-6-2-1-3-7-12/h1-10,21H,11H2. The molecule has 2 heterocycles. The number of aromatic nitrogens is 3. The van der Waals surface area contributed by atoms with E-state index in [0.717, 1.165) is 16.6 Å². The number of nitrogens with zero attached hydrogens (tertiary/aromatic N) is 3. The van der Waals surface area contributed by atoms with Crippen molar-refractivity contribution >= 4 is 10.9 Å². The zero-order valence-corrected chi connectivity index (χ0v) is 11.7. The van der Waals surface area contributed by atoms with E-state index >= 15 is 0 Å². The normalized spacial score (nSPS) is 11.1. The van der Waals surface area contributed by atoms with Gasteiger partial charge >= 0.3 is 0 Å². The van der Waals surface area contributed by atoms with Crippen LogP contribution >= 0.6 is 0 Å². The van der Waals surface area contributed by atoms with E-state index in [0.29, 0.717) is 11.5 Å². The first kappa shape index (κ1) is 12.8. The van der Waals surface area contributed by atoms with Crippen molar-refractivity contribution in [3.05, 3.63) is 66.7 Å². The van der Waals surface area contributed by atoms with Crippen molar-refractivity contribution in [2.75, 3.05) is 0 Å². The minimum atomic E-state index is -0.225. The van der Waals surface area contributed by atoms with Crippen LogP contribution in [0.2, 0.25) is 0 Å². The Morgan fingerprint density at radius 3 is 2.55 bits per heavy atom. The van der Waals surface area contributed by atoms with Crippen molar-refractivity contribution in [2.24, 2.45) is 0 Å². The zero-order chi connectivity index (χ0) is 14.9. The minimum Gasteiger partial charge on any atom is -0.436 e. The number of rotatable bonds is 3. The highest BCUT2D eigenvalue weighted by Gasteiger charge is 2.16. The highest BCUT2D eigenvalue weighted by atomic mass is 16.4. The van der Waals surface area contributed by atoms with E-state index in [2.05, 4.69) is 10.1 Å². The van der Waals surface area contributed by atoms with Gasteiger partial charge < -0.3 is 9.52 Å². The SMILES string of the molecule is OCc1ncc(-c2nn(-c3ccccc3)c3ccccc23)o1. The maximum Gasteiger partial charge on any atom is 0.220 e. The number of para-hydroxylation sites is 2. The number of hydrogen-bond acceptors (Lipinski definition) is 4. The van der Waals surface area contributed by atoms with Crippen LogP contribution < -0.4 is 0 Å². The molecule has 0 radical (unpaired) electrons. The molecule has 22 heavy (non-hydrogen) atoms. The van der Waals surface area contributed by atoms with E-state index in [1.807, 2.05) is 59.3 Å². The summed E-state index contributed by atoms with van der Waals surface area (Å²) < 4.78 is 7.42. The first-order valence-corrected chi connectivity index (χ1v) is 6.96. The average Bonchev–Trinajstić information content (AvgIpc) is 3.20. The first-order valence-electron chi connectivity index (χ1n) is 6.96. The van der Waals surface area contributed by atoms with Gasteiger partial charge in [0.05, 0.1) is 17.4 Å². The molecule has 0 aliphatic rings. The van der Waals surface area contributed by atoms with Gasteiger partial charge in [0, 0.05) is 5.39 Å². The fourth-order valence-electron chi connectivity index (χ4n) is 2.51. The molecule has 4 rings (SSSR count). The van der Waals surface area contributed by atoms with Crippen LogP contribution in [0.25, 0.3) is 28.0 Å². The van der Waals surface area contributed by atoms with Crippen LogP contribution in [0.15, 0.2) is 65.2 Å². The Bertz CT molecular complexity index is 925. The number of fused-ring (bicyclic) bond motifs is 1. The highest BCUT2D eigenvalue weighted by molar-refractivity contribution is 5.92. The third-order valence-electron chi connectivity index (χ3n) is 3.51. The van der Waals surface area contributed by atoms with Crippen LogP contribution in [-0.2, 0) is 6.61 Å². The summed E-state index contributed by atoms with van der Waals surface area (Å²) in [5.74, 6) is 0.836. The van der Waals surface area contributed by atoms with E-state index in [1.165, 1.54) is 0 Å². The summed E-state index contributed by atoms with van der Waals surface area (Å²) in [6, 6.07) is 17.9. The summed E-state index contributed by atoms with van der Waals surface area (Å²) >= 11 is 0. The van der Waals surface area contributed by atoms with Crippen molar-refractivity contribution in [3.8, 4) is 17.1 Å². The van der Waals surface area contributed by atoms with E-state index in [9.17, 15) is 0 Å². The molecule has 5 heteroatoms. The predicted molar refractivity (Wildman–Crippen MR) is 82.5 cm³/mol. The maximum absolute atomic E-state index is 9.11. The van der Waals surface area contributed by atoms with Gasteiger partial charge in [-0.05, 0) is 18.2 Å². The summed E-state index contributed by atoms with van der Waals surface area (Å²) in [7, 11) is 0. The van der Waals surface area contributed by atoms with Crippen molar-refractivity contribution in [1.29, 1.82) is 0 Å². The maximum atomic E-state index is 9.11. The first-order chi connectivity index (χ1) is 10.9. The molecular formula is C17H13N3O2. The van der Waals surface area contributed by atoms with Gasteiger partial charge in [-0.3, -0.25) is 0 Å². The quantitative estimate of drug-likeness (QED) is 0.629. The molecule has 2 aromatic heterocycles. The summed E-state index contributed by atoms with van der Waals surface area (Å²) in [4.78, 5) is 4.03. The molecule has 5 nitrogen and oxygen atoms in total. The Labute approximate surface area is 126 Å². The predicted octanol–water partition coefficient (Wildman–Crippen LogP) is 3.17. The Hall–Kier alpha value is -2.92. The second-order valence-electron chi connectivity index (χ2n) is 4.89.